The molecule has 0 bridgehead atoms. The van der Waals surface area contributed by atoms with Crippen LogP contribution in [-0.2, 0) is 4.79 Å². The normalized spacial score (nSPS) is 13.8. The first kappa shape index (κ1) is 22.7. The van der Waals surface area contributed by atoms with E-state index in [4.69, 9.17) is 14.8 Å². The summed E-state index contributed by atoms with van der Waals surface area (Å²) in [4.78, 5) is 21.4. The number of amides is 1. The molecule has 9 heteroatoms. The van der Waals surface area contributed by atoms with Gasteiger partial charge in [0.25, 0.3) is 5.91 Å². The Morgan fingerprint density at radius 3 is 2.89 bits per heavy atom. The average Bonchev–Trinajstić information content (AvgIpc) is 3.30. The van der Waals surface area contributed by atoms with Crippen LogP contribution in [0.3, 0.4) is 0 Å². The van der Waals surface area contributed by atoms with Crippen molar-refractivity contribution in [2.75, 3.05) is 11.9 Å². The van der Waals surface area contributed by atoms with Crippen molar-refractivity contribution >= 4 is 45.1 Å². The van der Waals surface area contributed by atoms with Crippen LogP contribution in [0.5, 0.6) is 11.5 Å². The molecule has 0 spiro atoms. The molecule has 0 atom stereocenters. The Hall–Kier alpha value is -4.76. The summed E-state index contributed by atoms with van der Waals surface area (Å²) in [5.74, 6) is 0.595. The zero-order chi connectivity index (χ0) is 25.4. The summed E-state index contributed by atoms with van der Waals surface area (Å²) in [6, 6.07) is 20.8. The van der Waals surface area contributed by atoms with E-state index in [-0.39, 0.29) is 18.3 Å². The maximum atomic E-state index is 11.9. The minimum absolute atomic E-state index is 0.00231. The summed E-state index contributed by atoms with van der Waals surface area (Å²) in [6.07, 6.45) is 3.38. The van der Waals surface area contributed by atoms with Crippen LogP contribution in [0.1, 0.15) is 12.5 Å². The molecule has 6 rings (SSSR count). The van der Waals surface area contributed by atoms with E-state index in [1.807, 2.05) is 79.0 Å². The number of carbonyl (C=O) groups excluding carboxylic acids is 1. The Morgan fingerprint density at radius 2 is 2.03 bits per heavy atom. The van der Waals surface area contributed by atoms with Crippen molar-refractivity contribution in [1.82, 2.24) is 9.66 Å². The van der Waals surface area contributed by atoms with E-state index in [0.717, 1.165) is 22.0 Å². The second-order valence-electron chi connectivity index (χ2n) is 8.45. The summed E-state index contributed by atoms with van der Waals surface area (Å²) >= 11 is 1.43. The Kier molecular flexibility index (Phi) is 5.74. The molecule has 1 aliphatic heterocycles. The Balaban J connectivity index is 1.52. The Morgan fingerprint density at radius 1 is 1.14 bits per heavy atom. The molecule has 37 heavy (non-hydrogen) atoms. The number of anilines is 1. The lowest BCUT2D eigenvalue weighted by atomic mass is 10.0. The predicted molar refractivity (Wildman–Crippen MR) is 145 cm³/mol. The van der Waals surface area contributed by atoms with Gasteiger partial charge in [0.05, 0.1) is 29.0 Å². The van der Waals surface area contributed by atoms with Crippen molar-refractivity contribution in [3.8, 4) is 22.8 Å². The van der Waals surface area contributed by atoms with Crippen LogP contribution in [0.4, 0.5) is 11.4 Å². The van der Waals surface area contributed by atoms with Crippen molar-refractivity contribution in [1.29, 1.82) is 0 Å². The van der Waals surface area contributed by atoms with Gasteiger partial charge in [0.1, 0.15) is 11.5 Å². The molecule has 0 saturated carbocycles. The highest BCUT2D eigenvalue weighted by atomic mass is 32.1. The third-order valence-electron chi connectivity index (χ3n) is 6.00. The van der Waals surface area contributed by atoms with Crippen LogP contribution in [0.15, 0.2) is 94.6 Å². The summed E-state index contributed by atoms with van der Waals surface area (Å²) in [7, 11) is 0. The van der Waals surface area contributed by atoms with Gasteiger partial charge in [-0.1, -0.05) is 30.3 Å². The highest BCUT2D eigenvalue weighted by Crippen LogP contribution is 2.33. The third kappa shape index (κ3) is 4.36. The van der Waals surface area contributed by atoms with Crippen molar-refractivity contribution in [2.24, 2.45) is 10.1 Å². The van der Waals surface area contributed by atoms with Gasteiger partial charge in [0.2, 0.25) is 4.80 Å². The van der Waals surface area contributed by atoms with E-state index < -0.39 is 0 Å². The summed E-state index contributed by atoms with van der Waals surface area (Å²) in [6.45, 7) is 1.85. The molecule has 3 heterocycles. The second kappa shape index (κ2) is 9.36. The first-order valence-corrected chi connectivity index (χ1v) is 12.4. The molecule has 2 aromatic heterocycles. The number of fused-ring (bicyclic) bond motifs is 2. The minimum atomic E-state index is -0.198. The number of ether oxygens (including phenoxy) is 1. The number of aromatic hydroxyl groups is 1. The number of carbonyl (C=O) groups is 1. The predicted octanol–water partition coefficient (Wildman–Crippen LogP) is 5.31. The number of aromatic nitrogens is 2. The van der Waals surface area contributed by atoms with Gasteiger partial charge in [-0.25, -0.2) is 9.67 Å². The molecule has 3 aromatic carbocycles. The van der Waals surface area contributed by atoms with Crippen LogP contribution in [0.2, 0.25) is 0 Å². The summed E-state index contributed by atoms with van der Waals surface area (Å²) in [5.41, 5.74) is 4.14. The number of hydrogen-bond donors (Lipinski definition) is 2. The maximum absolute atomic E-state index is 11.9. The summed E-state index contributed by atoms with van der Waals surface area (Å²) in [5, 5.41) is 22.5. The molecule has 5 aromatic rings. The second-order valence-corrected chi connectivity index (χ2v) is 9.29. The topological polar surface area (TPSA) is 101 Å². The molecular formula is C28H21N5O3S. The molecule has 1 amide bonds. The monoisotopic (exact) mass is 507 g/mol. The highest BCUT2D eigenvalue weighted by molar-refractivity contribution is 7.07. The van der Waals surface area contributed by atoms with Crippen molar-refractivity contribution in [3.05, 3.63) is 94.9 Å². The van der Waals surface area contributed by atoms with Crippen LogP contribution in [0.25, 0.3) is 22.0 Å². The molecule has 0 fully saturated rings. The van der Waals surface area contributed by atoms with Crippen LogP contribution in [-0.4, -0.2) is 33.0 Å². The number of rotatable bonds is 4. The van der Waals surface area contributed by atoms with E-state index in [0.29, 0.717) is 33.2 Å². The quantitative estimate of drug-likeness (QED) is 0.322. The van der Waals surface area contributed by atoms with Gasteiger partial charge in [-0.3, -0.25) is 9.78 Å². The van der Waals surface area contributed by atoms with Gasteiger partial charge in [-0.2, -0.15) is 5.10 Å². The fourth-order valence-corrected chi connectivity index (χ4v) is 5.05. The number of benzene rings is 3. The zero-order valence-electron chi connectivity index (χ0n) is 19.8. The fourth-order valence-electron chi connectivity index (χ4n) is 4.20. The van der Waals surface area contributed by atoms with E-state index in [2.05, 4.69) is 10.3 Å². The lowest BCUT2D eigenvalue weighted by Gasteiger charge is -2.18. The number of nitrogens with zero attached hydrogens (tertiary/aromatic N) is 4. The largest absolute Gasteiger partial charge is 0.507 e. The molecule has 0 aliphatic carbocycles. The molecule has 1 aliphatic rings. The van der Waals surface area contributed by atoms with Gasteiger partial charge in [-0.15, -0.1) is 11.3 Å². The van der Waals surface area contributed by atoms with Crippen molar-refractivity contribution in [3.63, 3.8) is 0 Å². The first-order valence-electron chi connectivity index (χ1n) is 11.6. The molecule has 2 N–H and O–H groups in total. The highest BCUT2D eigenvalue weighted by Gasteiger charge is 2.18. The van der Waals surface area contributed by atoms with Gasteiger partial charge >= 0.3 is 0 Å². The lowest BCUT2D eigenvalue weighted by molar-refractivity contribution is -0.118. The van der Waals surface area contributed by atoms with Crippen LogP contribution < -0.4 is 14.9 Å². The van der Waals surface area contributed by atoms with E-state index in [1.54, 1.807) is 17.1 Å². The zero-order valence-corrected chi connectivity index (χ0v) is 20.6. The van der Waals surface area contributed by atoms with Gasteiger partial charge in [0, 0.05) is 28.1 Å². The van der Waals surface area contributed by atoms with E-state index >= 15 is 0 Å². The smallest absolute Gasteiger partial charge is 0.262 e. The summed E-state index contributed by atoms with van der Waals surface area (Å²) < 4.78 is 7.26. The number of nitrogens with one attached hydrogen (secondary N) is 1. The molecule has 0 saturated heterocycles. The number of phenols is 1. The van der Waals surface area contributed by atoms with E-state index in [9.17, 15) is 9.90 Å². The number of thiazole rings is 1. The minimum Gasteiger partial charge on any atom is -0.507 e. The molecule has 182 valence electrons. The number of phenolic OH excluding ortho intramolecular Hbond substituents is 1. The molecular weight excluding hydrogens is 486 g/mol. The van der Waals surface area contributed by atoms with Crippen molar-refractivity contribution < 1.29 is 14.6 Å². The maximum Gasteiger partial charge on any atom is 0.262 e. The lowest BCUT2D eigenvalue weighted by Crippen LogP contribution is -2.25. The fraction of sp³-hybridized carbons (Fsp3) is 0.0714. The van der Waals surface area contributed by atoms with Crippen LogP contribution >= 0.6 is 11.3 Å². The average molecular weight is 508 g/mol. The first-order chi connectivity index (χ1) is 18.1. The third-order valence-corrected chi connectivity index (χ3v) is 6.82. The van der Waals surface area contributed by atoms with Gasteiger partial charge < -0.3 is 15.2 Å². The molecule has 8 nitrogen and oxygen atoms in total. The SMILES string of the molecule is CC(=Nn1c(-c2ccc3c(c2)NC(=O)CO3)csc1=Nc1cccnc1)c1ccc2ccccc2c1O. The van der Waals surface area contributed by atoms with E-state index in [1.165, 1.54) is 11.3 Å². The van der Waals surface area contributed by atoms with Gasteiger partial charge in [-0.05, 0) is 48.7 Å². The molecule has 0 unspecified atom stereocenters. The van der Waals surface area contributed by atoms with Crippen molar-refractivity contribution in [2.45, 2.75) is 6.92 Å². The standard InChI is InChI=1S/C28H21N5O3S/c1-17(21-10-8-18-5-2-3-7-22(18)27(21)35)32-33-24(16-37-28(33)30-20-6-4-12-29-14-20)19-9-11-25-23(13-19)31-26(34)15-36-25/h2-14,16,35H,15H2,1H3,(H,31,34). The number of pyridine rings is 1. The Bertz CT molecular complexity index is 1760. The Labute approximate surface area is 215 Å². The number of hydrogen-bond acceptors (Lipinski definition) is 7. The molecule has 0 radical (unpaired) electrons. The van der Waals surface area contributed by atoms with Crippen LogP contribution in [0, 0.1) is 0 Å². The van der Waals surface area contributed by atoms with Gasteiger partial charge in [0.15, 0.2) is 6.61 Å².